The van der Waals surface area contributed by atoms with Gasteiger partial charge in [0.1, 0.15) is 5.60 Å². The number of benzene rings is 1. The molecule has 2 atom stereocenters. The van der Waals surface area contributed by atoms with E-state index >= 15 is 0 Å². The van der Waals surface area contributed by atoms with E-state index in [0.717, 1.165) is 39.3 Å². The Morgan fingerprint density at radius 2 is 1.81 bits per heavy atom. The van der Waals surface area contributed by atoms with Crippen molar-refractivity contribution < 1.29 is 19.7 Å². The van der Waals surface area contributed by atoms with Gasteiger partial charge in [-0.2, -0.15) is 0 Å². The lowest BCUT2D eigenvalue weighted by Crippen LogP contribution is -2.64. The molecule has 2 aliphatic heterocycles. The van der Waals surface area contributed by atoms with E-state index in [2.05, 4.69) is 9.80 Å². The van der Waals surface area contributed by atoms with E-state index in [-0.39, 0.29) is 12.5 Å². The molecule has 1 aromatic carbocycles. The van der Waals surface area contributed by atoms with Gasteiger partial charge in [-0.25, -0.2) is 0 Å². The summed E-state index contributed by atoms with van der Waals surface area (Å²) in [7, 11) is 1.71. The monoisotopic (exact) mass is 377 g/mol. The molecule has 0 aliphatic carbocycles. The number of nitrogens with zero attached hydrogens (tertiary/aromatic N) is 3. The molecule has 0 radical (unpaired) electrons. The number of ether oxygens (including phenoxy) is 1. The van der Waals surface area contributed by atoms with E-state index in [1.54, 1.807) is 24.1 Å². The summed E-state index contributed by atoms with van der Waals surface area (Å²) >= 11 is 0. The molecule has 150 valence electrons. The summed E-state index contributed by atoms with van der Waals surface area (Å²) in [5.74, 6) is -0.0923. The minimum absolute atomic E-state index is 0.0923. The van der Waals surface area contributed by atoms with Crippen LogP contribution in [0.25, 0.3) is 0 Å². The molecule has 7 nitrogen and oxygen atoms in total. The van der Waals surface area contributed by atoms with Crippen LogP contribution in [-0.4, -0.2) is 109 Å². The molecule has 1 amide bonds. The van der Waals surface area contributed by atoms with Gasteiger partial charge < -0.3 is 19.8 Å². The summed E-state index contributed by atoms with van der Waals surface area (Å²) in [6, 6.07) is 9.11. The number of hydrogen-bond donors (Lipinski definition) is 2. The number of piperidine rings is 1. The van der Waals surface area contributed by atoms with Crippen LogP contribution < -0.4 is 0 Å². The van der Waals surface area contributed by atoms with Crippen molar-refractivity contribution in [3.05, 3.63) is 35.9 Å². The Kier molecular flexibility index (Phi) is 6.83. The topological polar surface area (TPSA) is 76.5 Å². The van der Waals surface area contributed by atoms with Gasteiger partial charge in [0.25, 0.3) is 5.91 Å². The van der Waals surface area contributed by atoms with Gasteiger partial charge in [-0.15, -0.1) is 0 Å². The zero-order valence-electron chi connectivity index (χ0n) is 16.1. The number of rotatable bonds is 6. The average Bonchev–Trinajstić information content (AvgIpc) is 2.70. The van der Waals surface area contributed by atoms with E-state index in [9.17, 15) is 15.0 Å². The zero-order valence-corrected chi connectivity index (χ0v) is 16.1. The predicted octanol–water partition coefficient (Wildman–Crippen LogP) is -0.111. The Balaban J connectivity index is 1.58. The fraction of sp³-hybridized carbons (Fsp3) is 0.650. The van der Waals surface area contributed by atoms with Gasteiger partial charge in [0.15, 0.2) is 0 Å². The first kappa shape index (κ1) is 20.2. The molecule has 2 fully saturated rings. The summed E-state index contributed by atoms with van der Waals surface area (Å²) in [4.78, 5) is 18.9. The van der Waals surface area contributed by atoms with E-state index in [1.165, 1.54) is 0 Å². The quantitative estimate of drug-likeness (QED) is 0.720. The molecule has 7 heteroatoms. The maximum atomic E-state index is 12.7. The fourth-order valence-electron chi connectivity index (χ4n) is 3.93. The number of methoxy groups -OCH3 is 1. The number of carbonyl (C=O) groups is 1. The van der Waals surface area contributed by atoms with Gasteiger partial charge in [-0.3, -0.25) is 14.6 Å². The highest BCUT2D eigenvalue weighted by molar-refractivity contribution is 5.94. The van der Waals surface area contributed by atoms with Crippen LogP contribution in [0.3, 0.4) is 0 Å². The Morgan fingerprint density at radius 1 is 1.15 bits per heavy atom. The third-order valence-corrected chi connectivity index (χ3v) is 5.64. The molecule has 2 saturated heterocycles. The first-order valence-electron chi connectivity index (χ1n) is 9.70. The maximum Gasteiger partial charge on any atom is 0.253 e. The van der Waals surface area contributed by atoms with E-state index in [1.807, 2.05) is 18.2 Å². The first-order valence-corrected chi connectivity index (χ1v) is 9.70. The van der Waals surface area contributed by atoms with Crippen molar-refractivity contribution >= 4 is 5.91 Å². The van der Waals surface area contributed by atoms with Crippen molar-refractivity contribution in [3.8, 4) is 0 Å². The minimum Gasteiger partial charge on any atom is -0.390 e. The lowest BCUT2D eigenvalue weighted by molar-refractivity contribution is -0.129. The third kappa shape index (κ3) is 5.06. The van der Waals surface area contributed by atoms with E-state index in [0.29, 0.717) is 25.1 Å². The number of likely N-dealkylation sites (tertiary alicyclic amines) is 1. The highest BCUT2D eigenvalue weighted by Gasteiger charge is 2.44. The Labute approximate surface area is 161 Å². The Morgan fingerprint density at radius 3 is 2.48 bits per heavy atom. The van der Waals surface area contributed by atoms with E-state index < -0.39 is 11.7 Å². The van der Waals surface area contributed by atoms with Crippen LogP contribution >= 0.6 is 0 Å². The second-order valence-corrected chi connectivity index (χ2v) is 7.61. The van der Waals surface area contributed by atoms with Crippen molar-refractivity contribution in [1.29, 1.82) is 0 Å². The number of amides is 1. The third-order valence-electron chi connectivity index (χ3n) is 5.64. The molecule has 2 aliphatic rings. The standard InChI is InChI=1S/C20H31N3O4/c1-27-14-13-21-9-11-22(12-10-21)15-20(26)16-23(8-7-18(20)24)19(25)17-5-3-2-4-6-17/h2-6,18,24,26H,7-16H2,1H3/t18-,20+/m0/s1. The number of aliphatic hydroxyl groups is 2. The summed E-state index contributed by atoms with van der Waals surface area (Å²) in [6.07, 6.45) is -0.424. The number of piperazine rings is 1. The van der Waals surface area contributed by atoms with E-state index in [4.69, 9.17) is 4.74 Å². The zero-order chi connectivity index (χ0) is 19.3. The van der Waals surface area contributed by atoms with Gasteiger partial charge in [-0.05, 0) is 18.6 Å². The molecule has 0 aromatic heterocycles. The molecule has 0 bridgehead atoms. The number of carbonyl (C=O) groups excluding carboxylic acids is 1. The van der Waals surface area contributed by atoms with Crippen LogP contribution in [0.15, 0.2) is 30.3 Å². The van der Waals surface area contributed by atoms with Crippen LogP contribution in [0.1, 0.15) is 16.8 Å². The molecule has 0 saturated carbocycles. The summed E-state index contributed by atoms with van der Waals surface area (Å²) in [5, 5.41) is 21.6. The van der Waals surface area contributed by atoms with Gasteiger partial charge in [0, 0.05) is 58.5 Å². The molecule has 0 unspecified atom stereocenters. The highest BCUT2D eigenvalue weighted by Crippen LogP contribution is 2.25. The molecule has 0 spiro atoms. The van der Waals surface area contributed by atoms with Gasteiger partial charge in [-0.1, -0.05) is 18.2 Å². The van der Waals surface area contributed by atoms with Crippen LogP contribution in [0.5, 0.6) is 0 Å². The molecule has 27 heavy (non-hydrogen) atoms. The minimum atomic E-state index is -1.29. The van der Waals surface area contributed by atoms with Crippen LogP contribution in [0.4, 0.5) is 0 Å². The van der Waals surface area contributed by atoms with Crippen molar-refractivity contribution in [2.45, 2.75) is 18.1 Å². The molecular formula is C20H31N3O4. The Hall–Kier alpha value is -1.51. The highest BCUT2D eigenvalue weighted by atomic mass is 16.5. The normalized spacial score (nSPS) is 27.7. The smallest absolute Gasteiger partial charge is 0.253 e. The number of β-amino-alcohol motifs (C(OH)–C–C–N with tert-alkyl or cyclic N) is 1. The maximum absolute atomic E-state index is 12.7. The van der Waals surface area contributed by atoms with Gasteiger partial charge in [0.05, 0.1) is 19.3 Å². The summed E-state index contributed by atoms with van der Waals surface area (Å²) in [5.41, 5.74) is -0.680. The summed E-state index contributed by atoms with van der Waals surface area (Å²) < 4.78 is 5.13. The van der Waals surface area contributed by atoms with Crippen LogP contribution in [0.2, 0.25) is 0 Å². The van der Waals surface area contributed by atoms with Crippen LogP contribution in [0, 0.1) is 0 Å². The lowest BCUT2D eigenvalue weighted by atomic mass is 9.88. The van der Waals surface area contributed by atoms with Gasteiger partial charge >= 0.3 is 0 Å². The number of hydrogen-bond acceptors (Lipinski definition) is 6. The van der Waals surface area contributed by atoms with Crippen LogP contribution in [-0.2, 0) is 4.74 Å². The average molecular weight is 377 g/mol. The van der Waals surface area contributed by atoms with Crippen molar-refractivity contribution in [1.82, 2.24) is 14.7 Å². The molecule has 2 N–H and O–H groups in total. The van der Waals surface area contributed by atoms with Crippen molar-refractivity contribution in [2.75, 3.05) is 66.1 Å². The second-order valence-electron chi connectivity index (χ2n) is 7.61. The fourth-order valence-corrected chi connectivity index (χ4v) is 3.93. The molecule has 1 aromatic rings. The van der Waals surface area contributed by atoms with Crippen molar-refractivity contribution in [2.24, 2.45) is 0 Å². The van der Waals surface area contributed by atoms with Gasteiger partial charge in [0.2, 0.25) is 0 Å². The first-order chi connectivity index (χ1) is 13.0. The van der Waals surface area contributed by atoms with Crippen molar-refractivity contribution in [3.63, 3.8) is 0 Å². The largest absolute Gasteiger partial charge is 0.390 e. The number of aliphatic hydroxyl groups excluding tert-OH is 1. The molecule has 3 rings (SSSR count). The molecular weight excluding hydrogens is 346 g/mol. The SMILES string of the molecule is COCCN1CCN(C[C@@]2(O)CN(C(=O)c3ccccc3)CC[C@@H]2O)CC1. The molecule has 2 heterocycles. The summed E-state index contributed by atoms with van der Waals surface area (Å²) in [6.45, 7) is 6.15. The second kappa shape index (κ2) is 9.12. The predicted molar refractivity (Wildman–Crippen MR) is 103 cm³/mol. The lowest BCUT2D eigenvalue weighted by Gasteiger charge is -2.46. The Bertz CT molecular complexity index is 607.